The van der Waals surface area contributed by atoms with Gasteiger partial charge in [0.2, 0.25) is 0 Å². The number of hydrogen-bond acceptors (Lipinski definition) is 2. The predicted octanol–water partition coefficient (Wildman–Crippen LogP) is 2.06. The quantitative estimate of drug-likeness (QED) is 0.888. The minimum atomic E-state index is -1.84. The zero-order valence-corrected chi connectivity index (χ0v) is 10.3. The number of primary amides is 1. The highest BCUT2D eigenvalue weighted by molar-refractivity contribution is 6.30. The van der Waals surface area contributed by atoms with Gasteiger partial charge in [0.25, 0.3) is 5.91 Å². The lowest BCUT2D eigenvalue weighted by atomic mass is 9.86. The van der Waals surface area contributed by atoms with E-state index in [-0.39, 0.29) is 0 Å². The summed E-state index contributed by atoms with van der Waals surface area (Å²) in [5.74, 6) is -0.823. The van der Waals surface area contributed by atoms with Gasteiger partial charge in [-0.15, -0.1) is 0 Å². The van der Waals surface area contributed by atoms with Gasteiger partial charge >= 0.3 is 0 Å². The maximum Gasteiger partial charge on any atom is 0.258 e. The molecular formula is C14H12ClNO2. The van der Waals surface area contributed by atoms with E-state index >= 15 is 0 Å². The molecule has 4 heteroatoms. The third-order valence-electron chi connectivity index (χ3n) is 2.81. The average molecular weight is 262 g/mol. The Hall–Kier alpha value is -1.84. The number of aliphatic hydroxyl groups is 1. The summed E-state index contributed by atoms with van der Waals surface area (Å²) in [5.41, 5.74) is 4.33. The summed E-state index contributed by atoms with van der Waals surface area (Å²) in [4.78, 5) is 11.6. The Labute approximate surface area is 110 Å². The second-order valence-electron chi connectivity index (χ2n) is 3.95. The lowest BCUT2D eigenvalue weighted by Gasteiger charge is -2.25. The molecule has 18 heavy (non-hydrogen) atoms. The zero-order valence-electron chi connectivity index (χ0n) is 9.51. The Balaban J connectivity index is 2.58. The van der Waals surface area contributed by atoms with Crippen LogP contribution in [0.4, 0.5) is 0 Å². The van der Waals surface area contributed by atoms with E-state index in [1.54, 1.807) is 54.6 Å². The molecule has 2 aromatic carbocycles. The molecule has 1 unspecified atom stereocenters. The van der Waals surface area contributed by atoms with Crippen LogP contribution in [0.2, 0.25) is 5.02 Å². The number of carbonyl (C=O) groups excluding carboxylic acids is 1. The standard InChI is InChI=1S/C14H12ClNO2/c15-12-8-6-11(7-9-12)14(18,13(16)17)10-4-2-1-3-5-10/h1-9,18H,(H2,16,17). The Morgan fingerprint density at radius 2 is 1.50 bits per heavy atom. The van der Waals surface area contributed by atoms with Gasteiger partial charge in [-0.2, -0.15) is 0 Å². The SMILES string of the molecule is NC(=O)C(O)(c1ccccc1)c1ccc(Cl)cc1. The van der Waals surface area contributed by atoms with E-state index in [4.69, 9.17) is 17.3 Å². The second kappa shape index (κ2) is 4.80. The average Bonchev–Trinajstić information content (AvgIpc) is 2.39. The number of nitrogens with two attached hydrogens (primary N) is 1. The first kappa shape index (κ1) is 12.6. The van der Waals surface area contributed by atoms with Crippen LogP contribution in [-0.2, 0) is 10.4 Å². The van der Waals surface area contributed by atoms with E-state index in [0.717, 1.165) is 0 Å². The van der Waals surface area contributed by atoms with Crippen molar-refractivity contribution in [1.29, 1.82) is 0 Å². The number of halogens is 1. The summed E-state index contributed by atoms with van der Waals surface area (Å²) in [6.45, 7) is 0. The Morgan fingerprint density at radius 3 is 2.00 bits per heavy atom. The fraction of sp³-hybridized carbons (Fsp3) is 0.0714. The van der Waals surface area contributed by atoms with Crippen molar-refractivity contribution in [3.63, 3.8) is 0 Å². The van der Waals surface area contributed by atoms with Crippen LogP contribution in [-0.4, -0.2) is 11.0 Å². The van der Waals surface area contributed by atoms with E-state index in [2.05, 4.69) is 0 Å². The van der Waals surface area contributed by atoms with Gasteiger partial charge in [0, 0.05) is 5.02 Å². The number of hydrogen-bond donors (Lipinski definition) is 2. The number of rotatable bonds is 3. The first-order valence-electron chi connectivity index (χ1n) is 5.39. The Kier molecular flexibility index (Phi) is 3.36. The molecule has 0 fully saturated rings. The Morgan fingerprint density at radius 1 is 1.00 bits per heavy atom. The molecular weight excluding hydrogens is 250 g/mol. The lowest BCUT2D eigenvalue weighted by Crippen LogP contribution is -2.42. The van der Waals surface area contributed by atoms with Crippen molar-refractivity contribution in [2.24, 2.45) is 5.73 Å². The molecule has 1 amide bonds. The van der Waals surface area contributed by atoms with Gasteiger partial charge in [0.1, 0.15) is 0 Å². The smallest absolute Gasteiger partial charge is 0.258 e. The first-order valence-corrected chi connectivity index (χ1v) is 5.77. The van der Waals surface area contributed by atoms with Crippen LogP contribution < -0.4 is 5.73 Å². The van der Waals surface area contributed by atoms with Crippen LogP contribution >= 0.6 is 11.6 Å². The van der Waals surface area contributed by atoms with E-state index in [1.807, 2.05) is 0 Å². The minimum Gasteiger partial charge on any atom is -0.372 e. The maximum atomic E-state index is 11.6. The zero-order chi connectivity index (χ0) is 13.2. The molecule has 0 heterocycles. The molecule has 2 aromatic rings. The third-order valence-corrected chi connectivity index (χ3v) is 3.06. The highest BCUT2D eigenvalue weighted by Crippen LogP contribution is 2.30. The molecule has 1 atom stereocenters. The van der Waals surface area contributed by atoms with Crippen LogP contribution in [0.3, 0.4) is 0 Å². The number of amides is 1. The van der Waals surface area contributed by atoms with Gasteiger partial charge in [-0.05, 0) is 23.3 Å². The molecule has 0 bridgehead atoms. The van der Waals surface area contributed by atoms with Crippen LogP contribution in [0, 0.1) is 0 Å². The molecule has 3 N–H and O–H groups in total. The first-order chi connectivity index (χ1) is 8.55. The third kappa shape index (κ3) is 2.10. The van der Waals surface area contributed by atoms with Gasteiger partial charge in [0.15, 0.2) is 5.60 Å². The molecule has 0 aliphatic rings. The largest absolute Gasteiger partial charge is 0.372 e. The summed E-state index contributed by atoms with van der Waals surface area (Å²) >= 11 is 5.79. The Bertz CT molecular complexity index is 554. The summed E-state index contributed by atoms with van der Waals surface area (Å²) in [6, 6.07) is 14.9. The molecule has 3 nitrogen and oxygen atoms in total. The van der Waals surface area contributed by atoms with Crippen molar-refractivity contribution in [3.8, 4) is 0 Å². The normalized spacial score (nSPS) is 13.9. The summed E-state index contributed by atoms with van der Waals surface area (Å²) < 4.78 is 0. The van der Waals surface area contributed by atoms with E-state index in [0.29, 0.717) is 16.1 Å². The van der Waals surface area contributed by atoms with Crippen LogP contribution in [0.15, 0.2) is 54.6 Å². The van der Waals surface area contributed by atoms with Crippen LogP contribution in [0.1, 0.15) is 11.1 Å². The van der Waals surface area contributed by atoms with Crippen LogP contribution in [0.25, 0.3) is 0 Å². The molecule has 0 aliphatic carbocycles. The van der Waals surface area contributed by atoms with Crippen molar-refractivity contribution in [2.75, 3.05) is 0 Å². The molecule has 0 aromatic heterocycles. The second-order valence-corrected chi connectivity index (χ2v) is 4.38. The highest BCUT2D eigenvalue weighted by atomic mass is 35.5. The van der Waals surface area contributed by atoms with Gasteiger partial charge in [-0.25, -0.2) is 0 Å². The van der Waals surface area contributed by atoms with E-state index < -0.39 is 11.5 Å². The van der Waals surface area contributed by atoms with Gasteiger partial charge in [-0.3, -0.25) is 4.79 Å². The van der Waals surface area contributed by atoms with Crippen molar-refractivity contribution >= 4 is 17.5 Å². The molecule has 92 valence electrons. The van der Waals surface area contributed by atoms with Crippen molar-refractivity contribution in [3.05, 3.63) is 70.7 Å². The fourth-order valence-corrected chi connectivity index (χ4v) is 1.95. The van der Waals surface area contributed by atoms with Gasteiger partial charge in [0.05, 0.1) is 0 Å². The molecule has 0 aliphatic heterocycles. The van der Waals surface area contributed by atoms with Gasteiger partial charge < -0.3 is 10.8 Å². The van der Waals surface area contributed by atoms with E-state index in [9.17, 15) is 9.90 Å². The highest BCUT2D eigenvalue weighted by Gasteiger charge is 2.37. The van der Waals surface area contributed by atoms with Crippen LogP contribution in [0.5, 0.6) is 0 Å². The molecule has 0 spiro atoms. The number of carbonyl (C=O) groups is 1. The van der Waals surface area contributed by atoms with E-state index in [1.165, 1.54) is 0 Å². The van der Waals surface area contributed by atoms with Crippen molar-refractivity contribution in [2.45, 2.75) is 5.60 Å². The molecule has 0 saturated heterocycles. The summed E-state index contributed by atoms with van der Waals surface area (Å²) in [5, 5.41) is 11.1. The maximum absolute atomic E-state index is 11.6. The summed E-state index contributed by atoms with van der Waals surface area (Å²) in [7, 11) is 0. The monoisotopic (exact) mass is 261 g/mol. The van der Waals surface area contributed by atoms with Crippen molar-refractivity contribution in [1.82, 2.24) is 0 Å². The molecule has 0 radical (unpaired) electrons. The van der Waals surface area contributed by atoms with Crippen molar-refractivity contribution < 1.29 is 9.90 Å². The predicted molar refractivity (Wildman–Crippen MR) is 70.1 cm³/mol. The molecule has 0 saturated carbocycles. The fourth-order valence-electron chi connectivity index (χ4n) is 1.82. The minimum absolute atomic E-state index is 0.394. The van der Waals surface area contributed by atoms with Gasteiger partial charge in [-0.1, -0.05) is 54.1 Å². The lowest BCUT2D eigenvalue weighted by molar-refractivity contribution is -0.133. The summed E-state index contributed by atoms with van der Waals surface area (Å²) in [6.07, 6.45) is 0. The molecule has 2 rings (SSSR count). The topological polar surface area (TPSA) is 63.3 Å². The number of benzene rings is 2.